The molecule has 0 saturated carbocycles. The van der Waals surface area contributed by atoms with Crippen molar-refractivity contribution in [2.24, 2.45) is 5.73 Å². The Morgan fingerprint density at radius 1 is 1.53 bits per heavy atom. The Bertz CT molecular complexity index is 497. The van der Waals surface area contributed by atoms with E-state index in [0.29, 0.717) is 6.61 Å². The van der Waals surface area contributed by atoms with Crippen LogP contribution in [-0.2, 0) is 4.74 Å². The molecule has 0 radical (unpaired) electrons. The third-order valence-corrected chi connectivity index (χ3v) is 3.49. The van der Waals surface area contributed by atoms with Crippen molar-refractivity contribution in [3.05, 3.63) is 23.8 Å². The zero-order chi connectivity index (χ0) is 12.3. The van der Waals surface area contributed by atoms with Gasteiger partial charge >= 0.3 is 0 Å². The number of nitrogens with two attached hydrogens (primary N) is 1. The molecule has 1 unspecified atom stereocenters. The molecule has 5 heteroatoms. The molecule has 4 nitrogen and oxygen atoms in total. The largest absolute Gasteiger partial charge is 0.383 e. The van der Waals surface area contributed by atoms with E-state index in [2.05, 4.69) is 29.0 Å². The summed E-state index contributed by atoms with van der Waals surface area (Å²) in [5.41, 5.74) is 9.17. The topological polar surface area (TPSA) is 63.9 Å². The maximum Gasteiger partial charge on any atom is 0.166 e. The monoisotopic (exact) mass is 251 g/mol. The number of thioether (sulfide) groups is 1. The molecule has 2 rings (SSSR count). The zero-order valence-corrected chi connectivity index (χ0v) is 10.9. The molecule has 3 N–H and O–H groups in total. The molecular weight excluding hydrogens is 234 g/mol. The lowest BCUT2D eigenvalue weighted by molar-refractivity contribution is 0.186. The van der Waals surface area contributed by atoms with Crippen LogP contribution < -0.4 is 5.73 Å². The number of ether oxygens (including phenoxy) is 1. The van der Waals surface area contributed by atoms with E-state index in [1.807, 2.05) is 6.07 Å². The molecule has 1 aromatic heterocycles. The highest BCUT2D eigenvalue weighted by Gasteiger charge is 2.07. The molecule has 0 saturated heterocycles. The number of aromatic nitrogens is 2. The summed E-state index contributed by atoms with van der Waals surface area (Å²) in [7, 11) is 1.66. The fourth-order valence-electron chi connectivity index (χ4n) is 1.62. The van der Waals surface area contributed by atoms with Crippen LogP contribution in [0.4, 0.5) is 0 Å². The van der Waals surface area contributed by atoms with Gasteiger partial charge in [0.25, 0.3) is 0 Å². The average molecular weight is 251 g/mol. The maximum absolute atomic E-state index is 5.86. The van der Waals surface area contributed by atoms with Gasteiger partial charge in [-0.05, 0) is 24.6 Å². The number of rotatable bonds is 5. The lowest BCUT2D eigenvalue weighted by atomic mass is 10.2. The molecule has 1 atom stereocenters. The van der Waals surface area contributed by atoms with E-state index in [9.17, 15) is 0 Å². The standard InChI is InChI=1S/C12H17N3OS/c1-8-3-4-10-11(5-8)15-12(14-10)17-7-9(13)6-16-2/h3-5,9H,6-7,13H2,1-2H3,(H,14,15). The van der Waals surface area contributed by atoms with Crippen molar-refractivity contribution < 1.29 is 4.74 Å². The van der Waals surface area contributed by atoms with Crippen LogP contribution in [0.1, 0.15) is 5.56 Å². The first kappa shape index (κ1) is 12.4. The summed E-state index contributed by atoms with van der Waals surface area (Å²) in [4.78, 5) is 7.79. The van der Waals surface area contributed by atoms with Crippen molar-refractivity contribution in [3.63, 3.8) is 0 Å². The van der Waals surface area contributed by atoms with Crippen LogP contribution in [0.15, 0.2) is 23.4 Å². The summed E-state index contributed by atoms with van der Waals surface area (Å²) in [6.45, 7) is 2.65. The number of hydrogen-bond acceptors (Lipinski definition) is 4. The van der Waals surface area contributed by atoms with Gasteiger partial charge in [-0.3, -0.25) is 0 Å². The first-order valence-corrected chi connectivity index (χ1v) is 6.51. The third-order valence-electron chi connectivity index (χ3n) is 2.43. The van der Waals surface area contributed by atoms with E-state index in [0.717, 1.165) is 21.9 Å². The predicted molar refractivity (Wildman–Crippen MR) is 71.4 cm³/mol. The van der Waals surface area contributed by atoms with Gasteiger partial charge in [0, 0.05) is 18.9 Å². The number of aromatic amines is 1. The number of H-pyrrole nitrogens is 1. The van der Waals surface area contributed by atoms with Gasteiger partial charge in [0.05, 0.1) is 17.6 Å². The quantitative estimate of drug-likeness (QED) is 0.797. The van der Waals surface area contributed by atoms with Crippen LogP contribution in [0, 0.1) is 6.92 Å². The lowest BCUT2D eigenvalue weighted by Gasteiger charge is -2.07. The summed E-state index contributed by atoms with van der Waals surface area (Å²) < 4.78 is 5.00. The summed E-state index contributed by atoms with van der Waals surface area (Å²) in [6.07, 6.45) is 0. The number of imidazole rings is 1. The molecule has 0 fully saturated rings. The van der Waals surface area contributed by atoms with Crippen molar-refractivity contribution in [3.8, 4) is 0 Å². The number of nitrogens with one attached hydrogen (secondary N) is 1. The highest BCUT2D eigenvalue weighted by molar-refractivity contribution is 7.99. The minimum absolute atomic E-state index is 0.0416. The summed E-state index contributed by atoms with van der Waals surface area (Å²) >= 11 is 1.63. The van der Waals surface area contributed by atoms with Crippen LogP contribution in [0.25, 0.3) is 11.0 Å². The summed E-state index contributed by atoms with van der Waals surface area (Å²) in [6, 6.07) is 6.23. The number of hydrogen-bond donors (Lipinski definition) is 2. The Balaban J connectivity index is 2.04. The molecule has 92 valence electrons. The Morgan fingerprint density at radius 2 is 2.35 bits per heavy atom. The first-order chi connectivity index (χ1) is 8.19. The van der Waals surface area contributed by atoms with Crippen LogP contribution in [0.5, 0.6) is 0 Å². The van der Waals surface area contributed by atoms with Gasteiger partial charge in [0.2, 0.25) is 0 Å². The van der Waals surface area contributed by atoms with E-state index in [1.54, 1.807) is 18.9 Å². The van der Waals surface area contributed by atoms with Crippen LogP contribution in [-0.4, -0.2) is 35.5 Å². The molecule has 17 heavy (non-hydrogen) atoms. The number of aryl methyl sites for hydroxylation is 1. The van der Waals surface area contributed by atoms with Gasteiger partial charge in [0.1, 0.15) is 0 Å². The van der Waals surface area contributed by atoms with Crippen molar-refractivity contribution in [2.45, 2.75) is 18.1 Å². The second-order valence-corrected chi connectivity index (χ2v) is 5.10. The lowest BCUT2D eigenvalue weighted by Crippen LogP contribution is -2.28. The molecule has 0 spiro atoms. The van der Waals surface area contributed by atoms with E-state index in [1.165, 1.54) is 5.56 Å². The van der Waals surface area contributed by atoms with Gasteiger partial charge in [-0.15, -0.1) is 0 Å². The zero-order valence-electron chi connectivity index (χ0n) is 10.1. The second kappa shape index (κ2) is 5.53. The van der Waals surface area contributed by atoms with Gasteiger partial charge < -0.3 is 15.5 Å². The third kappa shape index (κ3) is 3.21. The normalized spacial score (nSPS) is 13.1. The molecular formula is C12H17N3OS. The van der Waals surface area contributed by atoms with Gasteiger partial charge in [0.15, 0.2) is 5.16 Å². The molecule has 0 aliphatic rings. The summed E-state index contributed by atoms with van der Waals surface area (Å²) in [5, 5.41) is 0.914. The van der Waals surface area contributed by atoms with Crippen molar-refractivity contribution in [1.82, 2.24) is 9.97 Å². The van der Waals surface area contributed by atoms with Crippen LogP contribution >= 0.6 is 11.8 Å². The Hall–Kier alpha value is -1.04. The smallest absolute Gasteiger partial charge is 0.166 e. The van der Waals surface area contributed by atoms with Crippen molar-refractivity contribution in [1.29, 1.82) is 0 Å². The Labute approximate surface area is 105 Å². The number of fused-ring (bicyclic) bond motifs is 1. The molecule has 0 aliphatic heterocycles. The first-order valence-electron chi connectivity index (χ1n) is 5.52. The molecule has 1 aromatic carbocycles. The molecule has 0 amide bonds. The highest BCUT2D eigenvalue weighted by Crippen LogP contribution is 2.20. The fourth-order valence-corrected chi connectivity index (χ4v) is 2.43. The number of benzene rings is 1. The van der Waals surface area contributed by atoms with E-state index >= 15 is 0 Å². The Kier molecular flexibility index (Phi) is 4.04. The Morgan fingerprint density at radius 3 is 3.12 bits per heavy atom. The molecule has 1 heterocycles. The fraction of sp³-hybridized carbons (Fsp3) is 0.417. The minimum Gasteiger partial charge on any atom is -0.383 e. The van der Waals surface area contributed by atoms with Gasteiger partial charge in [-0.1, -0.05) is 17.8 Å². The molecule has 2 aromatic rings. The average Bonchev–Trinajstić information content (AvgIpc) is 2.68. The van der Waals surface area contributed by atoms with Crippen molar-refractivity contribution >= 4 is 22.8 Å². The number of methoxy groups -OCH3 is 1. The summed E-state index contributed by atoms with van der Waals surface area (Å²) in [5.74, 6) is 0.798. The van der Waals surface area contributed by atoms with Crippen molar-refractivity contribution in [2.75, 3.05) is 19.5 Å². The van der Waals surface area contributed by atoms with E-state index < -0.39 is 0 Å². The van der Waals surface area contributed by atoms with Crippen LogP contribution in [0.2, 0.25) is 0 Å². The van der Waals surface area contributed by atoms with E-state index in [-0.39, 0.29) is 6.04 Å². The SMILES string of the molecule is COCC(N)CSc1nc2ccc(C)cc2[nH]1. The van der Waals surface area contributed by atoms with Crippen LogP contribution in [0.3, 0.4) is 0 Å². The maximum atomic E-state index is 5.86. The van der Waals surface area contributed by atoms with Gasteiger partial charge in [-0.2, -0.15) is 0 Å². The minimum atomic E-state index is 0.0416. The highest BCUT2D eigenvalue weighted by atomic mass is 32.2. The van der Waals surface area contributed by atoms with E-state index in [4.69, 9.17) is 10.5 Å². The van der Waals surface area contributed by atoms with Gasteiger partial charge in [-0.25, -0.2) is 4.98 Å². The molecule has 0 bridgehead atoms. The molecule has 0 aliphatic carbocycles. The second-order valence-electron chi connectivity index (χ2n) is 4.09. The predicted octanol–water partition coefficient (Wildman–Crippen LogP) is 1.94. The number of nitrogens with zero attached hydrogens (tertiary/aromatic N) is 1.